The van der Waals surface area contributed by atoms with Crippen molar-refractivity contribution in [2.24, 2.45) is 0 Å². The summed E-state index contributed by atoms with van der Waals surface area (Å²) in [5.41, 5.74) is 3.17. The average Bonchev–Trinajstić information content (AvgIpc) is 2.73. The molecule has 0 fully saturated rings. The van der Waals surface area contributed by atoms with Crippen LogP contribution in [-0.2, 0) is 13.0 Å². The van der Waals surface area contributed by atoms with Crippen molar-refractivity contribution in [3.63, 3.8) is 0 Å². The fraction of sp³-hybridized carbons (Fsp3) is 0.318. The van der Waals surface area contributed by atoms with Crippen molar-refractivity contribution in [2.75, 3.05) is 23.7 Å². The van der Waals surface area contributed by atoms with E-state index in [-0.39, 0.29) is 5.56 Å². The van der Waals surface area contributed by atoms with Gasteiger partial charge in [0.1, 0.15) is 0 Å². The molecule has 0 aliphatic heterocycles. The van der Waals surface area contributed by atoms with E-state index >= 15 is 0 Å². The summed E-state index contributed by atoms with van der Waals surface area (Å²) in [5, 5.41) is 6.54. The van der Waals surface area contributed by atoms with E-state index < -0.39 is 0 Å². The van der Waals surface area contributed by atoms with Gasteiger partial charge in [-0.2, -0.15) is 0 Å². The summed E-state index contributed by atoms with van der Waals surface area (Å²) >= 11 is 0. The molecule has 28 heavy (non-hydrogen) atoms. The molecule has 3 rings (SSSR count). The summed E-state index contributed by atoms with van der Waals surface area (Å²) < 4.78 is 1.79. The van der Waals surface area contributed by atoms with Crippen molar-refractivity contribution < 1.29 is 0 Å². The Morgan fingerprint density at radius 3 is 2.50 bits per heavy atom. The second kappa shape index (κ2) is 10.3. The molecule has 0 unspecified atom stereocenters. The van der Waals surface area contributed by atoms with Crippen LogP contribution in [0.25, 0.3) is 0 Å². The SMILES string of the molecule is Cc1cnc(NCCCc2ccccc2)c(=O)n1CCCNc1ccncc1. The van der Waals surface area contributed by atoms with Crippen LogP contribution in [0.2, 0.25) is 0 Å². The largest absolute Gasteiger partial charge is 0.385 e. The molecule has 146 valence electrons. The van der Waals surface area contributed by atoms with Gasteiger partial charge in [0.2, 0.25) is 0 Å². The van der Waals surface area contributed by atoms with Gasteiger partial charge < -0.3 is 15.2 Å². The quantitative estimate of drug-likeness (QED) is 0.529. The Labute approximate surface area is 165 Å². The van der Waals surface area contributed by atoms with Crippen LogP contribution in [0.4, 0.5) is 11.5 Å². The number of benzene rings is 1. The number of nitrogens with zero attached hydrogens (tertiary/aromatic N) is 3. The number of aromatic nitrogens is 3. The number of hydrogen-bond acceptors (Lipinski definition) is 5. The highest BCUT2D eigenvalue weighted by Gasteiger charge is 2.07. The molecular weight excluding hydrogens is 350 g/mol. The number of pyridine rings is 1. The Bertz CT molecular complexity index is 909. The summed E-state index contributed by atoms with van der Waals surface area (Å²) in [6.45, 7) is 4.09. The van der Waals surface area contributed by atoms with E-state index in [1.807, 2.05) is 37.3 Å². The Kier molecular flexibility index (Phi) is 7.18. The fourth-order valence-electron chi connectivity index (χ4n) is 3.05. The highest BCUT2D eigenvalue weighted by Crippen LogP contribution is 2.05. The monoisotopic (exact) mass is 377 g/mol. The summed E-state index contributed by atoms with van der Waals surface area (Å²) in [4.78, 5) is 21.0. The lowest BCUT2D eigenvalue weighted by Gasteiger charge is -2.13. The Morgan fingerprint density at radius 1 is 0.964 bits per heavy atom. The van der Waals surface area contributed by atoms with Crippen molar-refractivity contribution in [1.82, 2.24) is 14.5 Å². The summed E-state index contributed by atoms with van der Waals surface area (Å²) in [6.07, 6.45) is 8.06. The maximum atomic E-state index is 12.7. The molecule has 1 aromatic carbocycles. The average molecular weight is 377 g/mol. The third kappa shape index (κ3) is 5.67. The molecule has 0 aliphatic rings. The highest BCUT2D eigenvalue weighted by atomic mass is 16.1. The van der Waals surface area contributed by atoms with Crippen LogP contribution in [-0.4, -0.2) is 27.6 Å². The molecular formula is C22H27N5O. The molecule has 0 spiro atoms. The van der Waals surface area contributed by atoms with Crippen LogP contribution in [0.3, 0.4) is 0 Å². The second-order valence-electron chi connectivity index (χ2n) is 6.74. The standard InChI is InChI=1S/C22H27N5O/c1-18-17-26-21(25-12-5-9-19-7-3-2-4-8-19)22(28)27(18)16-6-13-24-20-10-14-23-15-11-20/h2-4,7-8,10-11,14-15,17H,5-6,9,12-13,16H2,1H3,(H,23,24)(H,25,26). The zero-order chi connectivity index (χ0) is 19.6. The van der Waals surface area contributed by atoms with Crippen LogP contribution >= 0.6 is 0 Å². The van der Waals surface area contributed by atoms with Crippen molar-refractivity contribution in [2.45, 2.75) is 32.7 Å². The molecule has 0 aliphatic carbocycles. The normalized spacial score (nSPS) is 10.6. The third-order valence-electron chi connectivity index (χ3n) is 4.60. The molecule has 2 aromatic heterocycles. The summed E-state index contributed by atoms with van der Waals surface area (Å²) in [7, 11) is 0. The zero-order valence-corrected chi connectivity index (χ0v) is 16.3. The molecule has 2 N–H and O–H groups in total. The van der Waals surface area contributed by atoms with Gasteiger partial charge in [-0.15, -0.1) is 0 Å². The number of anilines is 2. The molecule has 6 nitrogen and oxygen atoms in total. The van der Waals surface area contributed by atoms with Gasteiger partial charge in [-0.3, -0.25) is 9.78 Å². The Hall–Kier alpha value is -3.15. The van der Waals surface area contributed by atoms with Gasteiger partial charge in [0.25, 0.3) is 5.56 Å². The zero-order valence-electron chi connectivity index (χ0n) is 16.3. The lowest BCUT2D eigenvalue weighted by atomic mass is 10.1. The molecule has 0 radical (unpaired) electrons. The van der Waals surface area contributed by atoms with Gasteiger partial charge in [0.15, 0.2) is 5.82 Å². The van der Waals surface area contributed by atoms with Gasteiger partial charge in [0, 0.05) is 49.6 Å². The number of rotatable bonds is 10. The second-order valence-corrected chi connectivity index (χ2v) is 6.74. The maximum Gasteiger partial charge on any atom is 0.293 e. The molecule has 0 saturated heterocycles. The van der Waals surface area contributed by atoms with E-state index in [0.717, 1.165) is 43.7 Å². The van der Waals surface area contributed by atoms with Crippen LogP contribution in [0.5, 0.6) is 0 Å². The minimum Gasteiger partial charge on any atom is -0.385 e. The maximum absolute atomic E-state index is 12.7. The minimum absolute atomic E-state index is 0.0522. The topological polar surface area (TPSA) is 71.8 Å². The highest BCUT2D eigenvalue weighted by molar-refractivity contribution is 5.40. The molecule has 0 saturated carbocycles. The molecule has 0 atom stereocenters. The van der Waals surface area contributed by atoms with E-state index in [4.69, 9.17) is 0 Å². The molecule has 2 heterocycles. The Morgan fingerprint density at radius 2 is 1.71 bits per heavy atom. The van der Waals surface area contributed by atoms with Crippen molar-refractivity contribution in [1.29, 1.82) is 0 Å². The van der Waals surface area contributed by atoms with Crippen molar-refractivity contribution in [3.05, 3.63) is 82.7 Å². The predicted octanol–water partition coefficient (Wildman–Crippen LogP) is 3.49. The molecule has 6 heteroatoms. The first-order chi connectivity index (χ1) is 13.7. The predicted molar refractivity (Wildman–Crippen MR) is 114 cm³/mol. The molecule has 0 amide bonds. The molecule has 0 bridgehead atoms. The van der Waals surface area contributed by atoms with Crippen molar-refractivity contribution in [3.8, 4) is 0 Å². The van der Waals surface area contributed by atoms with Crippen molar-refractivity contribution >= 4 is 11.5 Å². The van der Waals surface area contributed by atoms with E-state index in [2.05, 4.69) is 32.7 Å². The first-order valence-electron chi connectivity index (χ1n) is 9.72. The van der Waals surface area contributed by atoms with E-state index in [0.29, 0.717) is 12.4 Å². The van der Waals surface area contributed by atoms with Gasteiger partial charge >= 0.3 is 0 Å². The Balaban J connectivity index is 1.49. The van der Waals surface area contributed by atoms with Crippen LogP contribution in [0, 0.1) is 6.92 Å². The minimum atomic E-state index is -0.0522. The van der Waals surface area contributed by atoms with Crippen LogP contribution < -0.4 is 16.2 Å². The summed E-state index contributed by atoms with van der Waals surface area (Å²) in [5.74, 6) is 0.431. The fourth-order valence-corrected chi connectivity index (χ4v) is 3.05. The number of nitrogens with one attached hydrogen (secondary N) is 2. The van der Waals surface area contributed by atoms with Crippen LogP contribution in [0.1, 0.15) is 24.1 Å². The first kappa shape index (κ1) is 19.6. The van der Waals surface area contributed by atoms with Gasteiger partial charge in [-0.1, -0.05) is 30.3 Å². The van der Waals surface area contributed by atoms with E-state index in [9.17, 15) is 4.79 Å². The number of hydrogen-bond donors (Lipinski definition) is 2. The summed E-state index contributed by atoms with van der Waals surface area (Å²) in [6, 6.07) is 14.2. The third-order valence-corrected chi connectivity index (χ3v) is 4.60. The van der Waals surface area contributed by atoms with E-state index in [1.165, 1.54) is 5.56 Å². The lowest BCUT2D eigenvalue weighted by Crippen LogP contribution is -2.27. The van der Waals surface area contributed by atoms with Gasteiger partial charge in [-0.25, -0.2) is 4.98 Å². The van der Waals surface area contributed by atoms with Gasteiger partial charge in [0.05, 0.1) is 0 Å². The number of aryl methyl sites for hydroxylation is 2. The smallest absolute Gasteiger partial charge is 0.293 e. The molecule has 3 aromatic rings. The van der Waals surface area contributed by atoms with Gasteiger partial charge in [-0.05, 0) is 43.9 Å². The lowest BCUT2D eigenvalue weighted by molar-refractivity contribution is 0.617. The van der Waals surface area contributed by atoms with Crippen LogP contribution in [0.15, 0.2) is 65.8 Å². The first-order valence-corrected chi connectivity index (χ1v) is 9.72. The van der Waals surface area contributed by atoms with E-state index in [1.54, 1.807) is 23.2 Å².